The lowest BCUT2D eigenvalue weighted by Crippen LogP contribution is -2.41. The van der Waals surface area contributed by atoms with Crippen LogP contribution in [0.4, 0.5) is 0 Å². The summed E-state index contributed by atoms with van der Waals surface area (Å²) in [5.74, 6) is -0.955. The Hall–Kier alpha value is -1.82. The second-order valence-corrected chi connectivity index (χ2v) is 5.70. The summed E-state index contributed by atoms with van der Waals surface area (Å²) in [4.78, 5) is 24.6. The SMILES string of the molecule is CC=CC1CC(C(=O)O)N(C[C@@H](CC)C(=CO)NC(C)=O)C1. The maximum Gasteiger partial charge on any atom is 0.320 e. The first-order valence-corrected chi connectivity index (χ1v) is 7.64. The molecule has 1 fully saturated rings. The van der Waals surface area contributed by atoms with E-state index in [4.69, 9.17) is 0 Å². The third-order valence-electron chi connectivity index (χ3n) is 4.03. The highest BCUT2D eigenvalue weighted by Gasteiger charge is 2.36. The van der Waals surface area contributed by atoms with E-state index < -0.39 is 12.0 Å². The second-order valence-electron chi connectivity index (χ2n) is 5.70. The topological polar surface area (TPSA) is 89.9 Å². The van der Waals surface area contributed by atoms with E-state index in [0.717, 1.165) is 6.26 Å². The van der Waals surface area contributed by atoms with Crippen molar-refractivity contribution >= 4 is 11.9 Å². The molecule has 0 aromatic rings. The molecular formula is C16H26N2O4. The number of nitrogens with one attached hydrogen (secondary N) is 1. The van der Waals surface area contributed by atoms with Crippen LogP contribution in [0.3, 0.4) is 0 Å². The molecular weight excluding hydrogens is 284 g/mol. The molecule has 124 valence electrons. The summed E-state index contributed by atoms with van der Waals surface area (Å²) in [6.45, 7) is 6.43. The molecule has 0 bridgehead atoms. The van der Waals surface area contributed by atoms with E-state index >= 15 is 0 Å². The van der Waals surface area contributed by atoms with Crippen molar-refractivity contribution in [3.63, 3.8) is 0 Å². The standard InChI is InChI=1S/C16H26N2O4/c1-4-6-12-7-15(16(21)22)18(8-12)9-13(5-2)14(10-19)17-11(3)20/h4,6,10,12-13,15,19H,5,7-9H2,1-3H3,(H,17,20)(H,21,22)/t12?,13-,15?/m1/s1. The number of aliphatic carboxylic acids is 1. The Kier molecular flexibility index (Phi) is 7.11. The van der Waals surface area contributed by atoms with Gasteiger partial charge >= 0.3 is 5.97 Å². The quantitative estimate of drug-likeness (QED) is 0.493. The van der Waals surface area contributed by atoms with Crippen LogP contribution in [0.5, 0.6) is 0 Å². The number of rotatable bonds is 7. The van der Waals surface area contributed by atoms with E-state index in [1.54, 1.807) is 0 Å². The van der Waals surface area contributed by atoms with Gasteiger partial charge in [0, 0.05) is 25.9 Å². The Labute approximate surface area is 131 Å². The molecule has 1 aliphatic rings. The molecule has 0 spiro atoms. The lowest BCUT2D eigenvalue weighted by atomic mass is 10.0. The molecule has 0 aromatic carbocycles. The fourth-order valence-corrected chi connectivity index (χ4v) is 2.98. The van der Waals surface area contributed by atoms with E-state index in [-0.39, 0.29) is 17.7 Å². The van der Waals surface area contributed by atoms with Gasteiger partial charge in [-0.1, -0.05) is 19.1 Å². The molecule has 0 aliphatic carbocycles. The van der Waals surface area contributed by atoms with Gasteiger partial charge in [-0.25, -0.2) is 0 Å². The molecule has 0 aromatic heterocycles. The van der Waals surface area contributed by atoms with Crippen LogP contribution in [0.25, 0.3) is 0 Å². The van der Waals surface area contributed by atoms with E-state index in [0.29, 0.717) is 31.6 Å². The molecule has 3 N–H and O–H groups in total. The van der Waals surface area contributed by atoms with Crippen LogP contribution in [0.15, 0.2) is 24.1 Å². The van der Waals surface area contributed by atoms with Crippen molar-refractivity contribution in [1.29, 1.82) is 0 Å². The number of carbonyl (C=O) groups is 2. The molecule has 0 radical (unpaired) electrons. The predicted molar refractivity (Wildman–Crippen MR) is 84.2 cm³/mol. The molecule has 6 nitrogen and oxygen atoms in total. The number of hydrogen-bond donors (Lipinski definition) is 3. The van der Waals surface area contributed by atoms with Crippen molar-refractivity contribution in [2.24, 2.45) is 11.8 Å². The van der Waals surface area contributed by atoms with Gasteiger partial charge in [-0.2, -0.15) is 0 Å². The van der Waals surface area contributed by atoms with Gasteiger partial charge in [-0.05, 0) is 25.7 Å². The van der Waals surface area contributed by atoms with Crippen molar-refractivity contribution in [2.45, 2.75) is 39.7 Å². The molecule has 1 rings (SSSR count). The predicted octanol–water partition coefficient (Wildman–Crippen LogP) is 1.90. The van der Waals surface area contributed by atoms with Crippen LogP contribution in [-0.2, 0) is 9.59 Å². The zero-order valence-electron chi connectivity index (χ0n) is 13.5. The van der Waals surface area contributed by atoms with Crippen LogP contribution >= 0.6 is 0 Å². The summed E-state index contributed by atoms with van der Waals surface area (Å²) in [5.41, 5.74) is 0.439. The molecule has 22 heavy (non-hydrogen) atoms. The number of aliphatic hydroxyl groups excluding tert-OH is 1. The average Bonchev–Trinajstić information content (AvgIpc) is 2.85. The van der Waals surface area contributed by atoms with Crippen LogP contribution in [0.2, 0.25) is 0 Å². The first-order chi connectivity index (χ1) is 10.4. The lowest BCUT2D eigenvalue weighted by molar-refractivity contribution is -0.142. The Morgan fingerprint density at radius 3 is 2.59 bits per heavy atom. The largest absolute Gasteiger partial charge is 0.514 e. The van der Waals surface area contributed by atoms with E-state index in [2.05, 4.69) is 5.32 Å². The van der Waals surface area contributed by atoms with Gasteiger partial charge in [0.1, 0.15) is 6.04 Å². The molecule has 1 saturated heterocycles. The van der Waals surface area contributed by atoms with Crippen LogP contribution in [-0.4, -0.2) is 46.1 Å². The third kappa shape index (κ3) is 4.87. The van der Waals surface area contributed by atoms with Crippen molar-refractivity contribution in [3.8, 4) is 0 Å². The monoisotopic (exact) mass is 310 g/mol. The van der Waals surface area contributed by atoms with Crippen molar-refractivity contribution < 1.29 is 19.8 Å². The summed E-state index contributed by atoms with van der Waals surface area (Å²) in [7, 11) is 0. The van der Waals surface area contributed by atoms with Crippen LogP contribution in [0, 0.1) is 11.8 Å². The highest BCUT2D eigenvalue weighted by atomic mass is 16.4. The normalized spacial score (nSPS) is 24.6. The van der Waals surface area contributed by atoms with Gasteiger partial charge in [-0.3, -0.25) is 14.5 Å². The first kappa shape index (κ1) is 18.2. The molecule has 3 atom stereocenters. The summed E-state index contributed by atoms with van der Waals surface area (Å²) < 4.78 is 0. The van der Waals surface area contributed by atoms with Crippen molar-refractivity contribution in [3.05, 3.63) is 24.1 Å². The second kappa shape index (κ2) is 8.58. The molecule has 1 heterocycles. The minimum absolute atomic E-state index is 0.111. The molecule has 1 amide bonds. The van der Waals surface area contributed by atoms with Crippen molar-refractivity contribution in [2.75, 3.05) is 13.1 Å². The third-order valence-corrected chi connectivity index (χ3v) is 4.03. The highest BCUT2D eigenvalue weighted by molar-refractivity contribution is 5.75. The lowest BCUT2D eigenvalue weighted by Gasteiger charge is -2.27. The Morgan fingerprint density at radius 2 is 2.14 bits per heavy atom. The van der Waals surface area contributed by atoms with E-state index in [1.807, 2.05) is 30.9 Å². The maximum atomic E-state index is 11.4. The smallest absolute Gasteiger partial charge is 0.320 e. The Balaban J connectivity index is 2.83. The van der Waals surface area contributed by atoms with Crippen LogP contribution in [0.1, 0.15) is 33.6 Å². The highest BCUT2D eigenvalue weighted by Crippen LogP contribution is 2.27. The Morgan fingerprint density at radius 1 is 1.45 bits per heavy atom. The van der Waals surface area contributed by atoms with E-state index in [1.165, 1.54) is 6.92 Å². The zero-order valence-corrected chi connectivity index (χ0v) is 13.5. The molecule has 6 heteroatoms. The number of likely N-dealkylation sites (tertiary alicyclic amines) is 1. The average molecular weight is 310 g/mol. The summed E-state index contributed by atoms with van der Waals surface area (Å²) in [5, 5.41) is 21.4. The minimum Gasteiger partial charge on any atom is -0.514 e. The van der Waals surface area contributed by atoms with Gasteiger partial charge in [0.05, 0.1) is 12.0 Å². The Bertz CT molecular complexity index is 459. The number of carboxylic acid groups (broad SMARTS) is 1. The fraction of sp³-hybridized carbons (Fsp3) is 0.625. The summed E-state index contributed by atoms with van der Waals surface area (Å²) >= 11 is 0. The van der Waals surface area contributed by atoms with Crippen LogP contribution < -0.4 is 5.32 Å². The minimum atomic E-state index is -0.823. The van der Waals surface area contributed by atoms with E-state index in [9.17, 15) is 19.8 Å². The summed E-state index contributed by atoms with van der Waals surface area (Å²) in [6.07, 6.45) is 6.18. The maximum absolute atomic E-state index is 11.4. The summed E-state index contributed by atoms with van der Waals surface area (Å²) in [6, 6.07) is -0.521. The fourth-order valence-electron chi connectivity index (χ4n) is 2.98. The van der Waals surface area contributed by atoms with Gasteiger partial charge < -0.3 is 15.5 Å². The van der Waals surface area contributed by atoms with Gasteiger partial charge in [0.2, 0.25) is 5.91 Å². The number of allylic oxidation sites excluding steroid dienone is 1. The molecule has 2 unspecified atom stereocenters. The van der Waals surface area contributed by atoms with Gasteiger partial charge in [0.15, 0.2) is 0 Å². The van der Waals surface area contributed by atoms with Gasteiger partial charge in [-0.15, -0.1) is 0 Å². The number of nitrogens with zero attached hydrogens (tertiary/aromatic N) is 1. The number of aliphatic hydroxyl groups is 1. The number of carbonyl (C=O) groups excluding carboxylic acids is 1. The zero-order chi connectivity index (χ0) is 16.7. The molecule has 1 aliphatic heterocycles. The number of amides is 1. The van der Waals surface area contributed by atoms with Crippen molar-refractivity contribution in [1.82, 2.24) is 10.2 Å². The number of carboxylic acids is 1. The van der Waals surface area contributed by atoms with Gasteiger partial charge in [0.25, 0.3) is 0 Å². The molecule has 0 saturated carbocycles. The number of hydrogen-bond acceptors (Lipinski definition) is 4. The first-order valence-electron chi connectivity index (χ1n) is 7.64.